The van der Waals surface area contributed by atoms with Gasteiger partial charge in [-0.3, -0.25) is 0 Å². The summed E-state index contributed by atoms with van der Waals surface area (Å²) in [6, 6.07) is 4.74. The lowest BCUT2D eigenvalue weighted by Gasteiger charge is -2.23. The normalized spacial score (nSPS) is 14.1. The molecule has 0 saturated heterocycles. The number of rotatable bonds is 5. The van der Waals surface area contributed by atoms with E-state index in [2.05, 4.69) is 5.32 Å². The molecule has 1 aromatic carbocycles. The highest BCUT2D eigenvalue weighted by Gasteiger charge is 2.38. The van der Waals surface area contributed by atoms with Crippen molar-refractivity contribution in [2.45, 2.75) is 45.1 Å². The number of nitrogens with one attached hydrogen (secondary N) is 1. The van der Waals surface area contributed by atoms with Gasteiger partial charge in [-0.25, -0.2) is 0 Å². The van der Waals surface area contributed by atoms with Gasteiger partial charge in [0.2, 0.25) is 0 Å². The second-order valence-electron chi connectivity index (χ2n) is 5.69. The maximum atomic E-state index is 12.3. The molecule has 0 heterocycles. The Bertz CT molecular complexity index is 472. The second kappa shape index (κ2) is 6.85. The number of halogens is 4. The first kappa shape index (κ1) is 18.1. The molecule has 1 aromatic rings. The summed E-state index contributed by atoms with van der Waals surface area (Å²) in [4.78, 5) is 0. The zero-order valence-electron chi connectivity index (χ0n) is 12.1. The average Bonchev–Trinajstić information content (AvgIpc) is 2.32. The SMILES string of the molecule is CC(C)(C)NCc1c(Cl)cccc1OCC(O)C(F)(F)F. The molecule has 0 radical (unpaired) electrons. The van der Waals surface area contributed by atoms with Crippen molar-refractivity contribution in [2.75, 3.05) is 6.61 Å². The lowest BCUT2D eigenvalue weighted by atomic mass is 10.1. The molecule has 0 aliphatic carbocycles. The molecule has 3 nitrogen and oxygen atoms in total. The highest BCUT2D eigenvalue weighted by atomic mass is 35.5. The molecule has 21 heavy (non-hydrogen) atoms. The van der Waals surface area contributed by atoms with Crippen LogP contribution in [0.4, 0.5) is 13.2 Å². The fourth-order valence-electron chi connectivity index (χ4n) is 1.46. The largest absolute Gasteiger partial charge is 0.490 e. The van der Waals surface area contributed by atoms with Gasteiger partial charge in [-0.2, -0.15) is 13.2 Å². The minimum absolute atomic E-state index is 0.179. The monoisotopic (exact) mass is 325 g/mol. The predicted octanol–water partition coefficient (Wildman–Crippen LogP) is 3.53. The maximum Gasteiger partial charge on any atom is 0.417 e. The van der Waals surface area contributed by atoms with Crippen LogP contribution in [0.3, 0.4) is 0 Å². The summed E-state index contributed by atoms with van der Waals surface area (Å²) in [6.45, 7) is 5.35. The van der Waals surface area contributed by atoms with Gasteiger partial charge in [0, 0.05) is 22.7 Å². The molecule has 0 spiro atoms. The maximum absolute atomic E-state index is 12.3. The Labute approximate surface area is 127 Å². The lowest BCUT2D eigenvalue weighted by Crippen LogP contribution is -2.36. The molecule has 0 fully saturated rings. The Hall–Kier alpha value is -0.980. The average molecular weight is 326 g/mol. The molecule has 7 heteroatoms. The van der Waals surface area contributed by atoms with Gasteiger partial charge in [0.15, 0.2) is 6.10 Å². The Balaban J connectivity index is 2.80. The number of benzene rings is 1. The number of ether oxygens (including phenoxy) is 1. The molecule has 0 saturated carbocycles. The van der Waals surface area contributed by atoms with Crippen LogP contribution in [0.15, 0.2) is 18.2 Å². The molecule has 0 bridgehead atoms. The van der Waals surface area contributed by atoms with E-state index in [9.17, 15) is 13.2 Å². The standard InChI is InChI=1S/C14H19ClF3NO2/c1-13(2,3)19-7-9-10(15)5-4-6-11(9)21-8-12(20)14(16,17)18/h4-6,12,19-20H,7-8H2,1-3H3. The van der Waals surface area contributed by atoms with E-state index in [1.807, 2.05) is 20.8 Å². The minimum Gasteiger partial charge on any atom is -0.490 e. The van der Waals surface area contributed by atoms with E-state index in [1.54, 1.807) is 12.1 Å². The van der Waals surface area contributed by atoms with E-state index in [0.717, 1.165) is 0 Å². The third-order valence-corrected chi connectivity index (χ3v) is 3.00. The number of alkyl halides is 3. The molecule has 1 unspecified atom stereocenters. The number of aliphatic hydroxyl groups excluding tert-OH is 1. The summed E-state index contributed by atoms with van der Waals surface area (Å²) in [6.07, 6.45) is -7.23. The van der Waals surface area contributed by atoms with Crippen LogP contribution in [0.5, 0.6) is 5.75 Å². The highest BCUT2D eigenvalue weighted by molar-refractivity contribution is 6.31. The number of aliphatic hydroxyl groups is 1. The fourth-order valence-corrected chi connectivity index (χ4v) is 1.70. The lowest BCUT2D eigenvalue weighted by molar-refractivity contribution is -0.210. The Morgan fingerprint density at radius 3 is 2.43 bits per heavy atom. The van der Waals surface area contributed by atoms with Crippen molar-refractivity contribution >= 4 is 11.6 Å². The van der Waals surface area contributed by atoms with Gasteiger partial charge in [0.1, 0.15) is 12.4 Å². The molecule has 0 aliphatic heterocycles. The second-order valence-corrected chi connectivity index (χ2v) is 6.10. The van der Waals surface area contributed by atoms with E-state index in [4.69, 9.17) is 21.4 Å². The van der Waals surface area contributed by atoms with Crippen molar-refractivity contribution in [2.24, 2.45) is 0 Å². The van der Waals surface area contributed by atoms with E-state index in [1.165, 1.54) is 6.07 Å². The minimum atomic E-state index is -4.71. The fraction of sp³-hybridized carbons (Fsp3) is 0.571. The summed E-state index contributed by atoms with van der Waals surface area (Å²) in [5, 5.41) is 12.6. The van der Waals surface area contributed by atoms with Gasteiger partial charge >= 0.3 is 6.18 Å². The van der Waals surface area contributed by atoms with Crippen LogP contribution in [-0.4, -0.2) is 29.5 Å². The van der Waals surface area contributed by atoms with Gasteiger partial charge in [0.25, 0.3) is 0 Å². The van der Waals surface area contributed by atoms with Crippen molar-refractivity contribution in [3.8, 4) is 5.75 Å². The third-order valence-electron chi connectivity index (χ3n) is 2.65. The van der Waals surface area contributed by atoms with Crippen LogP contribution in [0.1, 0.15) is 26.3 Å². The molecule has 1 atom stereocenters. The summed E-state index contributed by atoms with van der Waals surface area (Å²) >= 11 is 6.06. The topological polar surface area (TPSA) is 41.5 Å². The van der Waals surface area contributed by atoms with Crippen LogP contribution in [0, 0.1) is 0 Å². The molecule has 120 valence electrons. The van der Waals surface area contributed by atoms with E-state index in [-0.39, 0.29) is 11.3 Å². The van der Waals surface area contributed by atoms with Crippen molar-refractivity contribution < 1.29 is 23.0 Å². The Morgan fingerprint density at radius 1 is 1.29 bits per heavy atom. The first-order valence-corrected chi connectivity index (χ1v) is 6.78. The quantitative estimate of drug-likeness (QED) is 0.870. The van der Waals surface area contributed by atoms with E-state index >= 15 is 0 Å². The Morgan fingerprint density at radius 2 is 1.90 bits per heavy atom. The first-order valence-electron chi connectivity index (χ1n) is 6.40. The summed E-state index contributed by atoms with van der Waals surface area (Å²) in [5.74, 6) is 0.225. The van der Waals surface area contributed by atoms with Crippen LogP contribution in [0.2, 0.25) is 5.02 Å². The number of hydrogen-bond donors (Lipinski definition) is 2. The van der Waals surface area contributed by atoms with Crippen LogP contribution >= 0.6 is 11.6 Å². The van der Waals surface area contributed by atoms with Crippen LogP contribution in [0.25, 0.3) is 0 Å². The summed E-state index contributed by atoms with van der Waals surface area (Å²) < 4.78 is 41.9. The molecule has 0 amide bonds. The molecular formula is C14H19ClF3NO2. The van der Waals surface area contributed by atoms with Crippen molar-refractivity contribution in [3.63, 3.8) is 0 Å². The smallest absolute Gasteiger partial charge is 0.417 e. The van der Waals surface area contributed by atoms with Gasteiger partial charge in [0.05, 0.1) is 0 Å². The highest BCUT2D eigenvalue weighted by Crippen LogP contribution is 2.28. The van der Waals surface area contributed by atoms with Gasteiger partial charge in [-0.1, -0.05) is 17.7 Å². The predicted molar refractivity (Wildman–Crippen MR) is 75.6 cm³/mol. The van der Waals surface area contributed by atoms with Crippen LogP contribution in [-0.2, 0) is 6.54 Å². The zero-order chi connectivity index (χ0) is 16.3. The summed E-state index contributed by atoms with van der Waals surface area (Å²) in [5.41, 5.74) is 0.380. The Kier molecular flexibility index (Phi) is 5.90. The van der Waals surface area contributed by atoms with Crippen LogP contribution < -0.4 is 10.1 Å². The van der Waals surface area contributed by atoms with E-state index < -0.39 is 18.9 Å². The molecule has 0 aromatic heterocycles. The number of hydrogen-bond acceptors (Lipinski definition) is 3. The van der Waals surface area contributed by atoms with Gasteiger partial charge < -0.3 is 15.2 Å². The van der Waals surface area contributed by atoms with Gasteiger partial charge in [-0.05, 0) is 32.9 Å². The molecule has 0 aliphatic rings. The zero-order valence-corrected chi connectivity index (χ0v) is 12.8. The summed E-state index contributed by atoms with van der Waals surface area (Å²) in [7, 11) is 0. The van der Waals surface area contributed by atoms with Crippen molar-refractivity contribution in [3.05, 3.63) is 28.8 Å². The van der Waals surface area contributed by atoms with E-state index in [0.29, 0.717) is 17.1 Å². The molecule has 1 rings (SSSR count). The molecule has 2 N–H and O–H groups in total. The first-order chi connectivity index (χ1) is 9.50. The molecular weight excluding hydrogens is 307 g/mol. The third kappa shape index (κ3) is 6.11. The van der Waals surface area contributed by atoms with Crippen molar-refractivity contribution in [1.82, 2.24) is 5.32 Å². The van der Waals surface area contributed by atoms with Crippen molar-refractivity contribution in [1.29, 1.82) is 0 Å². The van der Waals surface area contributed by atoms with Gasteiger partial charge in [-0.15, -0.1) is 0 Å².